The molecule has 1 aliphatic carbocycles. The maximum atomic E-state index is 13.1. The number of benzene rings is 2. The van der Waals surface area contributed by atoms with Gasteiger partial charge < -0.3 is 14.8 Å². The van der Waals surface area contributed by atoms with Crippen LogP contribution in [0.15, 0.2) is 36.4 Å². The molecular formula is C24H32N2O5S. The summed E-state index contributed by atoms with van der Waals surface area (Å²) < 4.78 is 37.1. The molecule has 0 aliphatic heterocycles. The van der Waals surface area contributed by atoms with Gasteiger partial charge in [-0.3, -0.25) is 9.10 Å². The van der Waals surface area contributed by atoms with Gasteiger partial charge in [-0.25, -0.2) is 8.42 Å². The molecule has 0 bridgehead atoms. The second kappa shape index (κ2) is 9.81. The molecule has 174 valence electrons. The Morgan fingerprint density at radius 2 is 1.69 bits per heavy atom. The van der Waals surface area contributed by atoms with Crippen molar-refractivity contribution in [1.82, 2.24) is 5.32 Å². The van der Waals surface area contributed by atoms with Gasteiger partial charge in [0.2, 0.25) is 15.9 Å². The van der Waals surface area contributed by atoms with Crippen molar-refractivity contribution in [3.05, 3.63) is 53.1 Å². The van der Waals surface area contributed by atoms with Crippen molar-refractivity contribution in [1.29, 1.82) is 0 Å². The van der Waals surface area contributed by atoms with Crippen LogP contribution in [0.25, 0.3) is 0 Å². The summed E-state index contributed by atoms with van der Waals surface area (Å²) in [6.45, 7) is 3.47. The summed E-state index contributed by atoms with van der Waals surface area (Å²) in [7, 11) is -0.849. The molecule has 1 aliphatic rings. The predicted molar refractivity (Wildman–Crippen MR) is 126 cm³/mol. The molecule has 0 spiro atoms. The molecule has 0 saturated heterocycles. The number of hydrogen-bond donors (Lipinski definition) is 1. The highest BCUT2D eigenvalue weighted by Gasteiger charge is 2.32. The number of methoxy groups -OCH3 is 2. The number of amides is 1. The number of ether oxygens (including phenoxy) is 2. The molecule has 2 aromatic carbocycles. The lowest BCUT2D eigenvalue weighted by Crippen LogP contribution is -2.48. The number of aryl methyl sites for hydroxylation is 2. The molecular weight excluding hydrogens is 428 g/mol. The minimum absolute atomic E-state index is 0.249. The number of nitrogens with one attached hydrogen (secondary N) is 1. The van der Waals surface area contributed by atoms with Gasteiger partial charge in [-0.2, -0.15) is 0 Å². The summed E-state index contributed by atoms with van der Waals surface area (Å²) in [6.07, 6.45) is 5.62. The molecule has 0 unspecified atom stereocenters. The van der Waals surface area contributed by atoms with E-state index in [1.807, 2.05) is 13.0 Å². The monoisotopic (exact) mass is 460 g/mol. The second-order valence-electron chi connectivity index (χ2n) is 8.24. The summed E-state index contributed by atoms with van der Waals surface area (Å²) in [6, 6.07) is 9.93. The molecule has 0 saturated carbocycles. The predicted octanol–water partition coefficient (Wildman–Crippen LogP) is 3.61. The van der Waals surface area contributed by atoms with E-state index in [1.54, 1.807) is 25.1 Å². The third-order valence-corrected chi connectivity index (χ3v) is 7.17. The quantitative estimate of drug-likeness (QED) is 0.650. The van der Waals surface area contributed by atoms with Gasteiger partial charge in [0.15, 0.2) is 0 Å². The first-order valence-electron chi connectivity index (χ1n) is 10.8. The van der Waals surface area contributed by atoms with E-state index in [1.165, 1.54) is 38.2 Å². The van der Waals surface area contributed by atoms with Gasteiger partial charge in [-0.15, -0.1) is 0 Å². The van der Waals surface area contributed by atoms with Crippen molar-refractivity contribution in [2.24, 2.45) is 0 Å². The molecule has 2 atom stereocenters. The summed E-state index contributed by atoms with van der Waals surface area (Å²) in [4.78, 5) is 13.1. The topological polar surface area (TPSA) is 84.9 Å². The maximum Gasteiger partial charge on any atom is 0.244 e. The van der Waals surface area contributed by atoms with Crippen molar-refractivity contribution >= 4 is 21.6 Å². The smallest absolute Gasteiger partial charge is 0.244 e. The van der Waals surface area contributed by atoms with Crippen LogP contribution in [0.2, 0.25) is 0 Å². The highest BCUT2D eigenvalue weighted by atomic mass is 32.2. The second-order valence-corrected chi connectivity index (χ2v) is 10.1. The van der Waals surface area contributed by atoms with Crippen LogP contribution in [-0.4, -0.2) is 40.8 Å². The molecule has 0 aromatic heterocycles. The van der Waals surface area contributed by atoms with Gasteiger partial charge in [-0.05, 0) is 68.4 Å². The fourth-order valence-corrected chi connectivity index (χ4v) is 5.36. The lowest BCUT2D eigenvalue weighted by molar-refractivity contribution is -0.122. The lowest BCUT2D eigenvalue weighted by atomic mass is 9.89. The van der Waals surface area contributed by atoms with Crippen LogP contribution < -0.4 is 19.1 Å². The number of nitrogens with zero attached hydrogens (tertiary/aromatic N) is 1. The van der Waals surface area contributed by atoms with E-state index in [4.69, 9.17) is 9.47 Å². The first kappa shape index (κ1) is 23.9. The highest BCUT2D eigenvalue weighted by Crippen LogP contribution is 2.35. The van der Waals surface area contributed by atoms with Gasteiger partial charge >= 0.3 is 0 Å². The minimum atomic E-state index is -3.80. The van der Waals surface area contributed by atoms with E-state index in [2.05, 4.69) is 17.4 Å². The fourth-order valence-electron chi connectivity index (χ4n) is 4.19. The summed E-state index contributed by atoms with van der Waals surface area (Å²) in [5.41, 5.74) is 3.97. The first-order chi connectivity index (χ1) is 15.2. The van der Waals surface area contributed by atoms with Crippen LogP contribution >= 0.6 is 0 Å². The Bertz CT molecular complexity index is 1080. The molecule has 32 heavy (non-hydrogen) atoms. The van der Waals surface area contributed by atoms with Crippen molar-refractivity contribution in [2.45, 2.75) is 51.6 Å². The van der Waals surface area contributed by atoms with Gasteiger partial charge in [0.25, 0.3) is 0 Å². The number of hydrogen-bond acceptors (Lipinski definition) is 5. The van der Waals surface area contributed by atoms with E-state index in [0.29, 0.717) is 11.5 Å². The number of sulfonamides is 1. The van der Waals surface area contributed by atoms with Crippen LogP contribution in [-0.2, 0) is 27.7 Å². The first-order valence-corrected chi connectivity index (χ1v) is 12.6. The third kappa shape index (κ3) is 5.18. The van der Waals surface area contributed by atoms with Crippen molar-refractivity contribution in [3.8, 4) is 11.5 Å². The average Bonchev–Trinajstić information content (AvgIpc) is 2.77. The molecule has 1 amide bonds. The Hall–Kier alpha value is -2.74. The van der Waals surface area contributed by atoms with Crippen molar-refractivity contribution in [3.63, 3.8) is 0 Å². The SMILES string of the molecule is COc1ccc(OC)c(N([C@@H](C)C(=O)N[C@H](C)c2ccc3c(c2)CCCC3)S(C)(=O)=O)c1. The fraction of sp³-hybridized carbons (Fsp3) is 0.458. The van der Waals surface area contributed by atoms with E-state index in [0.717, 1.165) is 29.0 Å². The zero-order valence-corrected chi connectivity index (χ0v) is 20.2. The van der Waals surface area contributed by atoms with E-state index in [-0.39, 0.29) is 11.7 Å². The summed E-state index contributed by atoms with van der Waals surface area (Å²) >= 11 is 0. The molecule has 0 heterocycles. The molecule has 2 aromatic rings. The molecule has 8 heteroatoms. The van der Waals surface area contributed by atoms with Crippen LogP contribution in [0.5, 0.6) is 11.5 Å². The van der Waals surface area contributed by atoms with Crippen LogP contribution in [0.1, 0.15) is 49.4 Å². The number of rotatable bonds is 8. The van der Waals surface area contributed by atoms with Gasteiger partial charge in [0.1, 0.15) is 17.5 Å². The molecule has 0 fully saturated rings. The normalized spacial score (nSPS) is 15.3. The van der Waals surface area contributed by atoms with E-state index < -0.39 is 22.0 Å². The molecule has 7 nitrogen and oxygen atoms in total. The number of carbonyl (C=O) groups excluding carboxylic acids is 1. The Balaban J connectivity index is 1.86. The number of carbonyl (C=O) groups is 1. The summed E-state index contributed by atoms with van der Waals surface area (Å²) in [5, 5.41) is 2.97. The zero-order valence-electron chi connectivity index (χ0n) is 19.3. The Morgan fingerprint density at radius 3 is 2.31 bits per heavy atom. The van der Waals surface area contributed by atoms with Crippen LogP contribution in [0, 0.1) is 0 Å². The molecule has 3 rings (SSSR count). The lowest BCUT2D eigenvalue weighted by Gasteiger charge is -2.30. The van der Waals surface area contributed by atoms with Crippen LogP contribution in [0.4, 0.5) is 5.69 Å². The zero-order chi connectivity index (χ0) is 23.5. The van der Waals surface area contributed by atoms with Crippen molar-refractivity contribution in [2.75, 3.05) is 24.8 Å². The summed E-state index contributed by atoms with van der Waals surface area (Å²) in [5.74, 6) is 0.397. The maximum absolute atomic E-state index is 13.1. The number of anilines is 1. The minimum Gasteiger partial charge on any atom is -0.497 e. The highest BCUT2D eigenvalue weighted by molar-refractivity contribution is 7.92. The molecule has 0 radical (unpaired) electrons. The molecule has 1 N–H and O–H groups in total. The van der Waals surface area contributed by atoms with Gasteiger partial charge in [-0.1, -0.05) is 18.2 Å². The van der Waals surface area contributed by atoms with E-state index >= 15 is 0 Å². The van der Waals surface area contributed by atoms with Gasteiger partial charge in [0.05, 0.1) is 32.2 Å². The Kier molecular flexibility index (Phi) is 7.33. The Morgan fingerprint density at radius 1 is 1.00 bits per heavy atom. The van der Waals surface area contributed by atoms with Gasteiger partial charge in [0, 0.05) is 6.07 Å². The standard InChI is InChI=1S/C24H32N2O5S/c1-16(19-11-10-18-8-6-7-9-20(18)14-19)25-24(27)17(2)26(32(5,28)29)22-15-21(30-3)12-13-23(22)31-4/h10-17H,6-9H2,1-5H3,(H,25,27)/t16-,17+/m1/s1. The Labute approximate surface area is 190 Å². The third-order valence-electron chi connectivity index (χ3n) is 5.94. The van der Waals surface area contributed by atoms with E-state index in [9.17, 15) is 13.2 Å². The average molecular weight is 461 g/mol. The van der Waals surface area contributed by atoms with Crippen LogP contribution in [0.3, 0.4) is 0 Å². The number of fused-ring (bicyclic) bond motifs is 1. The van der Waals surface area contributed by atoms with Crippen molar-refractivity contribution < 1.29 is 22.7 Å². The largest absolute Gasteiger partial charge is 0.497 e.